The number of aliphatic carboxylic acids is 1. The molecule has 112 valence electrons. The van der Waals surface area contributed by atoms with Gasteiger partial charge >= 0.3 is 12.0 Å². The predicted octanol–water partition coefficient (Wildman–Crippen LogP) is 1.29. The van der Waals surface area contributed by atoms with E-state index in [-0.39, 0.29) is 24.6 Å². The van der Waals surface area contributed by atoms with Gasteiger partial charge in [-0.2, -0.15) is 0 Å². The van der Waals surface area contributed by atoms with Gasteiger partial charge < -0.3 is 20.4 Å². The minimum atomic E-state index is -0.781. The van der Waals surface area contributed by atoms with Crippen LogP contribution in [0.4, 0.5) is 4.79 Å². The summed E-state index contributed by atoms with van der Waals surface area (Å²) < 4.78 is 0. The SMILES string of the molecule is CCN(CCO)C(=O)NC(C)CCCC(C)C(=O)O. The van der Waals surface area contributed by atoms with Gasteiger partial charge in [0.25, 0.3) is 0 Å². The van der Waals surface area contributed by atoms with Crippen molar-refractivity contribution in [2.75, 3.05) is 19.7 Å². The number of amides is 2. The van der Waals surface area contributed by atoms with Crippen molar-refractivity contribution in [1.82, 2.24) is 10.2 Å². The zero-order valence-corrected chi connectivity index (χ0v) is 12.1. The second-order valence-electron chi connectivity index (χ2n) is 4.82. The fraction of sp³-hybridized carbons (Fsp3) is 0.846. The number of aliphatic hydroxyl groups is 1. The van der Waals surface area contributed by atoms with Crippen molar-refractivity contribution in [2.45, 2.75) is 46.1 Å². The first-order valence-electron chi connectivity index (χ1n) is 6.81. The molecule has 0 aliphatic rings. The van der Waals surface area contributed by atoms with Crippen molar-refractivity contribution in [2.24, 2.45) is 5.92 Å². The third-order valence-electron chi connectivity index (χ3n) is 3.10. The third kappa shape index (κ3) is 7.66. The van der Waals surface area contributed by atoms with E-state index in [0.717, 1.165) is 12.8 Å². The molecule has 0 aromatic rings. The highest BCUT2D eigenvalue weighted by atomic mass is 16.4. The zero-order chi connectivity index (χ0) is 14.8. The Labute approximate surface area is 114 Å². The molecule has 0 bridgehead atoms. The van der Waals surface area contributed by atoms with E-state index >= 15 is 0 Å². The molecule has 0 aliphatic carbocycles. The fourth-order valence-corrected chi connectivity index (χ4v) is 1.75. The quantitative estimate of drug-likeness (QED) is 0.591. The number of carbonyl (C=O) groups excluding carboxylic acids is 1. The van der Waals surface area contributed by atoms with Crippen LogP contribution in [-0.2, 0) is 4.79 Å². The molecular formula is C13H26N2O4. The number of rotatable bonds is 9. The van der Waals surface area contributed by atoms with Gasteiger partial charge in [-0.05, 0) is 26.7 Å². The lowest BCUT2D eigenvalue weighted by Gasteiger charge is -2.23. The number of hydrogen-bond acceptors (Lipinski definition) is 3. The first kappa shape index (κ1) is 17.7. The normalized spacial score (nSPS) is 13.7. The lowest BCUT2D eigenvalue weighted by atomic mass is 10.0. The number of likely N-dealkylation sites (N-methyl/N-ethyl adjacent to an activating group) is 1. The molecule has 0 saturated heterocycles. The Hall–Kier alpha value is -1.30. The summed E-state index contributed by atoms with van der Waals surface area (Å²) >= 11 is 0. The van der Waals surface area contributed by atoms with E-state index in [0.29, 0.717) is 19.5 Å². The smallest absolute Gasteiger partial charge is 0.317 e. The van der Waals surface area contributed by atoms with Crippen molar-refractivity contribution >= 4 is 12.0 Å². The highest BCUT2D eigenvalue weighted by molar-refractivity contribution is 5.74. The molecule has 0 fully saturated rings. The maximum atomic E-state index is 11.8. The Morgan fingerprint density at radius 2 is 1.89 bits per heavy atom. The number of nitrogens with zero attached hydrogens (tertiary/aromatic N) is 1. The average molecular weight is 274 g/mol. The molecule has 19 heavy (non-hydrogen) atoms. The van der Waals surface area contributed by atoms with Crippen LogP contribution in [0.3, 0.4) is 0 Å². The first-order valence-corrected chi connectivity index (χ1v) is 6.81. The molecular weight excluding hydrogens is 248 g/mol. The molecule has 0 aromatic heterocycles. The van der Waals surface area contributed by atoms with Crippen LogP contribution in [0.1, 0.15) is 40.0 Å². The molecule has 0 heterocycles. The molecule has 6 heteroatoms. The van der Waals surface area contributed by atoms with Gasteiger partial charge in [-0.1, -0.05) is 13.3 Å². The van der Waals surface area contributed by atoms with Gasteiger partial charge in [0.1, 0.15) is 0 Å². The van der Waals surface area contributed by atoms with Gasteiger partial charge in [0.15, 0.2) is 0 Å². The van der Waals surface area contributed by atoms with Crippen LogP contribution < -0.4 is 5.32 Å². The Bertz CT molecular complexity index is 284. The van der Waals surface area contributed by atoms with Crippen molar-refractivity contribution in [1.29, 1.82) is 0 Å². The molecule has 6 nitrogen and oxygen atoms in total. The molecule has 0 aliphatic heterocycles. The van der Waals surface area contributed by atoms with Gasteiger partial charge in [0.05, 0.1) is 12.5 Å². The Balaban J connectivity index is 3.93. The van der Waals surface area contributed by atoms with Crippen LogP contribution in [0, 0.1) is 5.92 Å². The maximum absolute atomic E-state index is 11.8. The molecule has 0 radical (unpaired) electrons. The van der Waals surface area contributed by atoms with Crippen LogP contribution in [0.5, 0.6) is 0 Å². The molecule has 2 amide bonds. The molecule has 2 atom stereocenters. The largest absolute Gasteiger partial charge is 0.481 e. The van der Waals surface area contributed by atoms with Crippen LogP contribution in [0.15, 0.2) is 0 Å². The van der Waals surface area contributed by atoms with E-state index in [1.165, 1.54) is 4.90 Å². The lowest BCUT2D eigenvalue weighted by molar-refractivity contribution is -0.141. The van der Waals surface area contributed by atoms with E-state index in [2.05, 4.69) is 5.32 Å². The average Bonchev–Trinajstić information content (AvgIpc) is 2.35. The summed E-state index contributed by atoms with van der Waals surface area (Å²) in [6, 6.07) is -0.184. The minimum Gasteiger partial charge on any atom is -0.481 e. The summed E-state index contributed by atoms with van der Waals surface area (Å²) in [5.41, 5.74) is 0. The minimum absolute atomic E-state index is 0.00115. The van der Waals surface area contributed by atoms with Gasteiger partial charge in [-0.15, -0.1) is 0 Å². The summed E-state index contributed by atoms with van der Waals surface area (Å²) in [5, 5.41) is 20.4. The van der Waals surface area contributed by atoms with Crippen LogP contribution in [0.25, 0.3) is 0 Å². The van der Waals surface area contributed by atoms with Gasteiger partial charge in [-0.3, -0.25) is 4.79 Å². The Morgan fingerprint density at radius 1 is 1.26 bits per heavy atom. The number of hydrogen-bond donors (Lipinski definition) is 3. The Morgan fingerprint density at radius 3 is 2.37 bits per heavy atom. The molecule has 0 aromatic carbocycles. The second-order valence-corrected chi connectivity index (χ2v) is 4.82. The Kier molecular flexibility index (Phi) is 8.95. The monoisotopic (exact) mass is 274 g/mol. The molecule has 0 spiro atoms. The summed E-state index contributed by atoms with van der Waals surface area (Å²) in [7, 11) is 0. The first-order chi connectivity index (χ1) is 8.92. The van der Waals surface area contributed by atoms with E-state index in [4.69, 9.17) is 10.2 Å². The predicted molar refractivity (Wildman–Crippen MR) is 73.0 cm³/mol. The van der Waals surface area contributed by atoms with Crippen molar-refractivity contribution in [3.05, 3.63) is 0 Å². The number of urea groups is 1. The van der Waals surface area contributed by atoms with E-state index in [1.54, 1.807) is 6.92 Å². The summed E-state index contributed by atoms with van der Waals surface area (Å²) in [6.45, 7) is 6.27. The second kappa shape index (κ2) is 9.61. The summed E-state index contributed by atoms with van der Waals surface area (Å²) in [5.74, 6) is -1.12. The highest BCUT2D eigenvalue weighted by Gasteiger charge is 2.15. The van der Waals surface area contributed by atoms with Gasteiger partial charge in [-0.25, -0.2) is 4.79 Å². The van der Waals surface area contributed by atoms with Crippen LogP contribution in [-0.4, -0.2) is 52.9 Å². The van der Waals surface area contributed by atoms with Crippen LogP contribution in [0.2, 0.25) is 0 Å². The lowest BCUT2D eigenvalue weighted by Crippen LogP contribution is -2.44. The van der Waals surface area contributed by atoms with E-state index < -0.39 is 5.97 Å². The summed E-state index contributed by atoms with van der Waals surface area (Å²) in [6.07, 6.45) is 2.13. The van der Waals surface area contributed by atoms with Crippen molar-refractivity contribution < 1.29 is 19.8 Å². The molecule has 0 saturated carbocycles. The number of aliphatic hydroxyl groups excluding tert-OH is 1. The number of nitrogens with one attached hydrogen (secondary N) is 1. The number of carbonyl (C=O) groups is 2. The molecule has 3 N–H and O–H groups in total. The topological polar surface area (TPSA) is 89.9 Å². The fourth-order valence-electron chi connectivity index (χ4n) is 1.75. The van der Waals surface area contributed by atoms with Crippen molar-refractivity contribution in [3.63, 3.8) is 0 Å². The zero-order valence-electron chi connectivity index (χ0n) is 12.1. The van der Waals surface area contributed by atoms with E-state index in [1.807, 2.05) is 13.8 Å². The summed E-state index contributed by atoms with van der Waals surface area (Å²) in [4.78, 5) is 24.0. The van der Waals surface area contributed by atoms with Gasteiger partial charge in [0.2, 0.25) is 0 Å². The maximum Gasteiger partial charge on any atom is 0.317 e. The molecule has 0 rings (SSSR count). The molecule has 2 unspecified atom stereocenters. The number of carboxylic acids is 1. The van der Waals surface area contributed by atoms with Crippen molar-refractivity contribution in [3.8, 4) is 0 Å². The number of carboxylic acid groups (broad SMARTS) is 1. The standard InChI is InChI=1S/C13H26N2O4/c1-4-15(8-9-16)13(19)14-11(3)7-5-6-10(2)12(17)18/h10-11,16H,4-9H2,1-3H3,(H,14,19)(H,17,18). The van der Waals surface area contributed by atoms with Gasteiger partial charge in [0, 0.05) is 19.1 Å². The van der Waals surface area contributed by atoms with Crippen LogP contribution >= 0.6 is 0 Å². The highest BCUT2D eigenvalue weighted by Crippen LogP contribution is 2.09. The van der Waals surface area contributed by atoms with E-state index in [9.17, 15) is 9.59 Å². The third-order valence-corrected chi connectivity index (χ3v) is 3.10.